The zero-order valence-electron chi connectivity index (χ0n) is 11.6. The normalized spacial score (nSPS) is 10.2. The molecule has 0 aliphatic heterocycles. The highest BCUT2D eigenvalue weighted by atomic mass is 16.2. The number of nitrogens with one attached hydrogen (secondary N) is 2. The predicted octanol–water partition coefficient (Wildman–Crippen LogP) is 2.31. The first kappa shape index (κ1) is 13.8. The number of aromatic nitrogens is 1. The molecule has 0 fully saturated rings. The SMILES string of the molecule is O=C(NNC(=O)c1cccc2ccccc12)c1ccncc1. The van der Waals surface area contributed by atoms with Crippen LogP contribution in [0.2, 0.25) is 0 Å². The Bertz CT molecular complexity index is 826. The Balaban J connectivity index is 1.76. The van der Waals surface area contributed by atoms with E-state index >= 15 is 0 Å². The molecule has 108 valence electrons. The average Bonchev–Trinajstić information content (AvgIpc) is 2.59. The predicted molar refractivity (Wildman–Crippen MR) is 83.1 cm³/mol. The summed E-state index contributed by atoms with van der Waals surface area (Å²) in [5, 5.41) is 1.80. The van der Waals surface area contributed by atoms with Crippen molar-refractivity contribution in [3.8, 4) is 0 Å². The van der Waals surface area contributed by atoms with Crippen LogP contribution in [0.4, 0.5) is 0 Å². The maximum absolute atomic E-state index is 12.3. The first-order valence-corrected chi connectivity index (χ1v) is 6.74. The van der Waals surface area contributed by atoms with Crippen molar-refractivity contribution in [2.45, 2.75) is 0 Å². The van der Waals surface area contributed by atoms with Gasteiger partial charge in [0.15, 0.2) is 0 Å². The Hall–Kier alpha value is -3.21. The number of nitrogens with zero attached hydrogens (tertiary/aromatic N) is 1. The maximum atomic E-state index is 12.3. The van der Waals surface area contributed by atoms with E-state index in [1.165, 1.54) is 12.4 Å². The largest absolute Gasteiger partial charge is 0.270 e. The van der Waals surface area contributed by atoms with Gasteiger partial charge in [-0.25, -0.2) is 0 Å². The summed E-state index contributed by atoms with van der Waals surface area (Å²) in [5.41, 5.74) is 5.76. The number of carbonyl (C=O) groups excluding carboxylic acids is 2. The van der Waals surface area contributed by atoms with Crippen LogP contribution in [-0.4, -0.2) is 16.8 Å². The third kappa shape index (κ3) is 2.78. The molecule has 0 atom stereocenters. The number of hydrazine groups is 1. The van der Waals surface area contributed by atoms with Crippen molar-refractivity contribution < 1.29 is 9.59 Å². The van der Waals surface area contributed by atoms with E-state index in [9.17, 15) is 9.59 Å². The van der Waals surface area contributed by atoms with Crippen molar-refractivity contribution in [1.82, 2.24) is 15.8 Å². The molecule has 2 N–H and O–H groups in total. The van der Waals surface area contributed by atoms with Crippen molar-refractivity contribution in [1.29, 1.82) is 0 Å². The molecule has 1 aromatic heterocycles. The Morgan fingerprint density at radius 1 is 0.773 bits per heavy atom. The third-order valence-electron chi connectivity index (χ3n) is 3.27. The highest BCUT2D eigenvalue weighted by Crippen LogP contribution is 2.18. The molecule has 0 unspecified atom stereocenters. The minimum Gasteiger partial charge on any atom is -0.267 e. The molecule has 0 aliphatic carbocycles. The van der Waals surface area contributed by atoms with Crippen LogP contribution >= 0.6 is 0 Å². The number of hydrogen-bond acceptors (Lipinski definition) is 3. The molecule has 0 radical (unpaired) electrons. The molecule has 1 heterocycles. The lowest BCUT2D eigenvalue weighted by molar-refractivity contribution is 0.0847. The molecular formula is C17H13N3O2. The maximum Gasteiger partial charge on any atom is 0.270 e. The molecule has 5 heteroatoms. The Morgan fingerprint density at radius 2 is 1.45 bits per heavy atom. The summed E-state index contributed by atoms with van der Waals surface area (Å²) < 4.78 is 0. The summed E-state index contributed by atoms with van der Waals surface area (Å²) in [6.07, 6.45) is 3.03. The van der Waals surface area contributed by atoms with Crippen LogP contribution in [0, 0.1) is 0 Å². The summed E-state index contributed by atoms with van der Waals surface area (Å²) in [6, 6.07) is 16.2. The zero-order valence-corrected chi connectivity index (χ0v) is 11.6. The Morgan fingerprint density at radius 3 is 2.27 bits per heavy atom. The second-order valence-electron chi connectivity index (χ2n) is 4.67. The van der Waals surface area contributed by atoms with Gasteiger partial charge in [-0.2, -0.15) is 0 Å². The van der Waals surface area contributed by atoms with E-state index in [0.717, 1.165) is 10.8 Å². The van der Waals surface area contributed by atoms with Crippen LogP contribution in [-0.2, 0) is 0 Å². The molecule has 0 saturated carbocycles. The van der Waals surface area contributed by atoms with Gasteiger partial charge in [0.25, 0.3) is 11.8 Å². The fourth-order valence-electron chi connectivity index (χ4n) is 2.18. The number of hydrogen-bond donors (Lipinski definition) is 2. The number of carbonyl (C=O) groups is 2. The Labute approximate surface area is 127 Å². The topological polar surface area (TPSA) is 71.1 Å². The quantitative estimate of drug-likeness (QED) is 0.712. The zero-order chi connectivity index (χ0) is 15.4. The summed E-state index contributed by atoms with van der Waals surface area (Å²) in [6.45, 7) is 0. The van der Waals surface area contributed by atoms with Crippen LogP contribution in [0.5, 0.6) is 0 Å². The summed E-state index contributed by atoms with van der Waals surface area (Å²) in [7, 11) is 0. The van der Waals surface area contributed by atoms with E-state index in [4.69, 9.17) is 0 Å². The molecule has 2 aromatic carbocycles. The van der Waals surface area contributed by atoms with E-state index < -0.39 is 5.91 Å². The van der Waals surface area contributed by atoms with Crippen LogP contribution in [0.3, 0.4) is 0 Å². The molecule has 22 heavy (non-hydrogen) atoms. The van der Waals surface area contributed by atoms with Crippen molar-refractivity contribution in [3.63, 3.8) is 0 Å². The van der Waals surface area contributed by atoms with E-state index in [1.54, 1.807) is 18.2 Å². The fraction of sp³-hybridized carbons (Fsp3) is 0. The third-order valence-corrected chi connectivity index (χ3v) is 3.27. The van der Waals surface area contributed by atoms with Crippen molar-refractivity contribution in [2.75, 3.05) is 0 Å². The van der Waals surface area contributed by atoms with E-state index in [0.29, 0.717) is 11.1 Å². The molecule has 0 bridgehead atoms. The van der Waals surface area contributed by atoms with Gasteiger partial charge in [0.1, 0.15) is 0 Å². The van der Waals surface area contributed by atoms with Gasteiger partial charge in [-0.05, 0) is 29.0 Å². The van der Waals surface area contributed by atoms with Crippen molar-refractivity contribution >= 4 is 22.6 Å². The molecule has 3 rings (SSSR count). The van der Waals surface area contributed by atoms with Crippen LogP contribution < -0.4 is 10.9 Å². The molecule has 0 saturated heterocycles. The molecule has 2 amide bonds. The molecule has 0 spiro atoms. The molecule has 3 aromatic rings. The van der Waals surface area contributed by atoms with Gasteiger partial charge in [0.05, 0.1) is 0 Å². The first-order valence-electron chi connectivity index (χ1n) is 6.74. The van der Waals surface area contributed by atoms with E-state index in [1.807, 2.05) is 36.4 Å². The summed E-state index contributed by atoms with van der Waals surface area (Å²) in [4.78, 5) is 28.0. The number of amides is 2. The summed E-state index contributed by atoms with van der Waals surface area (Å²) in [5.74, 6) is -0.754. The first-order chi connectivity index (χ1) is 10.8. The molecular weight excluding hydrogens is 278 g/mol. The van der Waals surface area contributed by atoms with Crippen LogP contribution in [0.1, 0.15) is 20.7 Å². The monoisotopic (exact) mass is 291 g/mol. The Kier molecular flexibility index (Phi) is 3.78. The highest BCUT2D eigenvalue weighted by molar-refractivity contribution is 6.07. The van der Waals surface area contributed by atoms with Crippen LogP contribution in [0.15, 0.2) is 67.0 Å². The standard InChI is InChI=1S/C17H13N3O2/c21-16(13-8-10-18-11-9-13)19-20-17(22)15-7-3-5-12-4-1-2-6-14(12)15/h1-11H,(H,19,21)(H,20,22). The van der Waals surface area contributed by atoms with Gasteiger partial charge in [-0.1, -0.05) is 36.4 Å². The van der Waals surface area contributed by atoms with Crippen molar-refractivity contribution in [3.05, 3.63) is 78.1 Å². The van der Waals surface area contributed by atoms with E-state index in [-0.39, 0.29) is 5.91 Å². The number of pyridine rings is 1. The lowest BCUT2D eigenvalue weighted by Crippen LogP contribution is -2.41. The molecule has 0 aliphatic rings. The van der Waals surface area contributed by atoms with Gasteiger partial charge >= 0.3 is 0 Å². The minimum absolute atomic E-state index is 0.362. The second kappa shape index (κ2) is 6.05. The lowest BCUT2D eigenvalue weighted by Gasteiger charge is -2.09. The van der Waals surface area contributed by atoms with Crippen LogP contribution in [0.25, 0.3) is 10.8 Å². The average molecular weight is 291 g/mol. The smallest absolute Gasteiger partial charge is 0.267 e. The van der Waals surface area contributed by atoms with Gasteiger partial charge in [0.2, 0.25) is 0 Å². The number of benzene rings is 2. The summed E-state index contributed by atoms with van der Waals surface area (Å²) >= 11 is 0. The van der Waals surface area contributed by atoms with Crippen molar-refractivity contribution in [2.24, 2.45) is 0 Å². The minimum atomic E-state index is -0.393. The second-order valence-corrected chi connectivity index (χ2v) is 4.67. The van der Waals surface area contributed by atoms with Gasteiger partial charge in [-0.3, -0.25) is 25.4 Å². The highest BCUT2D eigenvalue weighted by Gasteiger charge is 2.11. The van der Waals surface area contributed by atoms with Gasteiger partial charge in [0, 0.05) is 23.5 Å². The number of rotatable bonds is 2. The lowest BCUT2D eigenvalue weighted by atomic mass is 10.0. The van der Waals surface area contributed by atoms with Gasteiger partial charge < -0.3 is 0 Å². The van der Waals surface area contributed by atoms with Gasteiger partial charge in [-0.15, -0.1) is 0 Å². The van der Waals surface area contributed by atoms with E-state index in [2.05, 4.69) is 15.8 Å². The number of fused-ring (bicyclic) bond motifs is 1. The molecule has 5 nitrogen and oxygen atoms in total. The fourth-order valence-corrected chi connectivity index (χ4v) is 2.18.